The SMILES string of the molecule is COc1ccc(N2CCN(C(=O)CNCCCN(C)C)CC2)cc1. The van der Waals surface area contributed by atoms with Gasteiger partial charge in [0.25, 0.3) is 0 Å². The van der Waals surface area contributed by atoms with Crippen molar-refractivity contribution >= 4 is 11.6 Å². The molecule has 134 valence electrons. The molecule has 0 spiro atoms. The summed E-state index contributed by atoms with van der Waals surface area (Å²) in [5.41, 5.74) is 1.18. The molecule has 0 bridgehead atoms. The van der Waals surface area contributed by atoms with Gasteiger partial charge in [-0.1, -0.05) is 0 Å². The number of carbonyl (C=O) groups is 1. The summed E-state index contributed by atoms with van der Waals surface area (Å²) in [4.78, 5) is 18.7. The lowest BCUT2D eigenvalue weighted by atomic mass is 10.2. The number of amides is 1. The summed E-state index contributed by atoms with van der Waals surface area (Å²) in [5.74, 6) is 1.07. The van der Waals surface area contributed by atoms with Crippen molar-refractivity contribution in [1.29, 1.82) is 0 Å². The predicted octanol–water partition coefficient (Wildman–Crippen LogP) is 0.885. The van der Waals surface area contributed by atoms with Crippen LogP contribution in [0.5, 0.6) is 5.75 Å². The normalized spacial score (nSPS) is 15.0. The van der Waals surface area contributed by atoms with E-state index in [1.54, 1.807) is 7.11 Å². The van der Waals surface area contributed by atoms with E-state index in [1.165, 1.54) is 5.69 Å². The number of ether oxygens (including phenoxy) is 1. The zero-order valence-corrected chi connectivity index (χ0v) is 15.1. The molecule has 0 atom stereocenters. The van der Waals surface area contributed by atoms with Gasteiger partial charge in [-0.15, -0.1) is 0 Å². The molecule has 1 aliphatic heterocycles. The number of rotatable bonds is 8. The van der Waals surface area contributed by atoms with Crippen LogP contribution in [0.2, 0.25) is 0 Å². The van der Waals surface area contributed by atoms with Gasteiger partial charge in [0.05, 0.1) is 13.7 Å². The maximum Gasteiger partial charge on any atom is 0.236 e. The minimum absolute atomic E-state index is 0.203. The Morgan fingerprint density at radius 3 is 2.42 bits per heavy atom. The summed E-state index contributed by atoms with van der Waals surface area (Å²) < 4.78 is 5.19. The molecule has 1 saturated heterocycles. The van der Waals surface area contributed by atoms with E-state index in [-0.39, 0.29) is 5.91 Å². The molecule has 1 fully saturated rings. The highest BCUT2D eigenvalue weighted by Crippen LogP contribution is 2.20. The van der Waals surface area contributed by atoms with E-state index in [9.17, 15) is 4.79 Å². The average Bonchev–Trinajstić information content (AvgIpc) is 2.61. The largest absolute Gasteiger partial charge is 0.497 e. The van der Waals surface area contributed by atoms with Crippen LogP contribution >= 0.6 is 0 Å². The number of piperazine rings is 1. The van der Waals surface area contributed by atoms with Gasteiger partial charge >= 0.3 is 0 Å². The van der Waals surface area contributed by atoms with Gasteiger partial charge in [0.2, 0.25) is 5.91 Å². The third-order valence-corrected chi connectivity index (χ3v) is 4.31. The predicted molar refractivity (Wildman–Crippen MR) is 97.8 cm³/mol. The van der Waals surface area contributed by atoms with Crippen LogP contribution in [0.1, 0.15) is 6.42 Å². The lowest BCUT2D eigenvalue weighted by Gasteiger charge is -2.36. The average molecular weight is 334 g/mol. The Labute approximate surface area is 145 Å². The second-order valence-corrected chi connectivity index (χ2v) is 6.40. The van der Waals surface area contributed by atoms with Gasteiger partial charge in [0.1, 0.15) is 5.75 Å². The molecule has 0 saturated carbocycles. The number of nitrogens with zero attached hydrogens (tertiary/aromatic N) is 3. The van der Waals surface area contributed by atoms with Crippen molar-refractivity contribution < 1.29 is 9.53 Å². The third kappa shape index (κ3) is 5.69. The molecule has 1 N–H and O–H groups in total. The van der Waals surface area contributed by atoms with Gasteiger partial charge < -0.3 is 24.8 Å². The number of nitrogens with one attached hydrogen (secondary N) is 1. The maximum absolute atomic E-state index is 12.2. The van der Waals surface area contributed by atoms with E-state index in [4.69, 9.17) is 4.74 Å². The minimum atomic E-state index is 0.203. The van der Waals surface area contributed by atoms with Crippen LogP contribution in [0.25, 0.3) is 0 Å². The molecule has 6 heteroatoms. The number of benzene rings is 1. The summed E-state index contributed by atoms with van der Waals surface area (Å²) in [6.45, 7) is 5.68. The Balaban J connectivity index is 1.68. The van der Waals surface area contributed by atoms with Gasteiger partial charge in [0, 0.05) is 31.9 Å². The van der Waals surface area contributed by atoms with Crippen LogP contribution in [-0.2, 0) is 4.79 Å². The quantitative estimate of drug-likeness (QED) is 0.716. The lowest BCUT2D eigenvalue weighted by molar-refractivity contribution is -0.130. The molecular formula is C18H30N4O2. The number of carbonyl (C=O) groups excluding carboxylic acids is 1. The molecule has 0 unspecified atom stereocenters. The molecule has 1 aromatic rings. The van der Waals surface area contributed by atoms with E-state index in [0.717, 1.165) is 51.4 Å². The summed E-state index contributed by atoms with van der Waals surface area (Å²) >= 11 is 0. The van der Waals surface area contributed by atoms with Crippen LogP contribution in [0, 0.1) is 0 Å². The topological polar surface area (TPSA) is 48.1 Å². The first-order chi connectivity index (χ1) is 11.6. The Kier molecular flexibility index (Phi) is 7.34. The molecule has 0 aliphatic carbocycles. The van der Waals surface area contributed by atoms with Gasteiger partial charge in [-0.3, -0.25) is 4.79 Å². The van der Waals surface area contributed by atoms with E-state index < -0.39 is 0 Å². The molecule has 0 radical (unpaired) electrons. The molecule has 6 nitrogen and oxygen atoms in total. The molecule has 24 heavy (non-hydrogen) atoms. The van der Waals surface area contributed by atoms with E-state index in [2.05, 4.69) is 41.3 Å². The Morgan fingerprint density at radius 2 is 1.83 bits per heavy atom. The number of hydrogen-bond donors (Lipinski definition) is 1. The molecule has 1 aromatic carbocycles. The Hall–Kier alpha value is -1.79. The maximum atomic E-state index is 12.2. The zero-order valence-electron chi connectivity index (χ0n) is 15.1. The molecule has 2 rings (SSSR count). The van der Waals surface area contributed by atoms with Crippen molar-refractivity contribution in [3.05, 3.63) is 24.3 Å². The highest BCUT2D eigenvalue weighted by atomic mass is 16.5. The second kappa shape index (κ2) is 9.49. The van der Waals surface area contributed by atoms with Gasteiger partial charge in [-0.2, -0.15) is 0 Å². The van der Waals surface area contributed by atoms with Crippen LogP contribution < -0.4 is 15.0 Å². The summed E-state index contributed by atoms with van der Waals surface area (Å²) in [7, 11) is 5.80. The smallest absolute Gasteiger partial charge is 0.236 e. The standard InChI is InChI=1S/C18H30N4O2/c1-20(2)10-4-9-19-15-18(23)22-13-11-21(12-14-22)16-5-7-17(24-3)8-6-16/h5-8,19H,4,9-15H2,1-3H3. The highest BCUT2D eigenvalue weighted by Gasteiger charge is 2.20. The van der Waals surface area contributed by atoms with Crippen LogP contribution in [0.15, 0.2) is 24.3 Å². The van der Waals surface area contributed by atoms with Crippen LogP contribution in [0.4, 0.5) is 5.69 Å². The van der Waals surface area contributed by atoms with E-state index in [1.807, 2.05) is 17.0 Å². The summed E-state index contributed by atoms with van der Waals surface area (Å²) in [5, 5.41) is 3.25. The van der Waals surface area contributed by atoms with Crippen molar-refractivity contribution in [3.8, 4) is 5.75 Å². The van der Waals surface area contributed by atoms with Crippen molar-refractivity contribution in [2.24, 2.45) is 0 Å². The van der Waals surface area contributed by atoms with Gasteiger partial charge in [0.15, 0.2) is 0 Å². The molecule has 0 aromatic heterocycles. The van der Waals surface area contributed by atoms with E-state index in [0.29, 0.717) is 6.54 Å². The van der Waals surface area contributed by atoms with Crippen molar-refractivity contribution in [3.63, 3.8) is 0 Å². The first kappa shape index (κ1) is 18.5. The first-order valence-electron chi connectivity index (χ1n) is 8.62. The fraction of sp³-hybridized carbons (Fsp3) is 0.611. The van der Waals surface area contributed by atoms with Crippen LogP contribution in [0.3, 0.4) is 0 Å². The molecule has 1 amide bonds. The lowest BCUT2D eigenvalue weighted by Crippen LogP contribution is -2.51. The summed E-state index contributed by atoms with van der Waals surface area (Å²) in [6, 6.07) is 8.10. The summed E-state index contributed by atoms with van der Waals surface area (Å²) in [6.07, 6.45) is 1.06. The Morgan fingerprint density at radius 1 is 1.17 bits per heavy atom. The third-order valence-electron chi connectivity index (χ3n) is 4.31. The zero-order chi connectivity index (χ0) is 17.4. The fourth-order valence-electron chi connectivity index (χ4n) is 2.83. The first-order valence-corrected chi connectivity index (χ1v) is 8.62. The highest BCUT2D eigenvalue weighted by molar-refractivity contribution is 5.78. The monoisotopic (exact) mass is 334 g/mol. The van der Waals surface area contributed by atoms with Crippen molar-refractivity contribution in [2.75, 3.05) is 71.9 Å². The molecular weight excluding hydrogens is 304 g/mol. The number of anilines is 1. The molecule has 1 heterocycles. The van der Waals surface area contributed by atoms with Crippen molar-refractivity contribution in [1.82, 2.24) is 15.1 Å². The molecule has 1 aliphatic rings. The van der Waals surface area contributed by atoms with E-state index >= 15 is 0 Å². The van der Waals surface area contributed by atoms with Gasteiger partial charge in [-0.25, -0.2) is 0 Å². The number of hydrogen-bond acceptors (Lipinski definition) is 5. The van der Waals surface area contributed by atoms with Gasteiger partial charge in [-0.05, 0) is 57.9 Å². The second-order valence-electron chi connectivity index (χ2n) is 6.40. The fourth-order valence-corrected chi connectivity index (χ4v) is 2.83. The Bertz CT molecular complexity index is 496. The minimum Gasteiger partial charge on any atom is -0.497 e. The van der Waals surface area contributed by atoms with Crippen molar-refractivity contribution in [2.45, 2.75) is 6.42 Å². The number of methoxy groups -OCH3 is 1. The van der Waals surface area contributed by atoms with Crippen LogP contribution in [-0.4, -0.2) is 82.7 Å².